The van der Waals surface area contributed by atoms with Crippen molar-refractivity contribution in [3.63, 3.8) is 0 Å². The van der Waals surface area contributed by atoms with Crippen LogP contribution < -0.4 is 0 Å². The van der Waals surface area contributed by atoms with Crippen LogP contribution in [0.4, 0.5) is 11.4 Å². The first-order valence-electron chi connectivity index (χ1n) is 12.5. The lowest BCUT2D eigenvalue weighted by Gasteiger charge is -2.19. The number of nitrogens with zero attached hydrogens (tertiary/aromatic N) is 2. The van der Waals surface area contributed by atoms with Crippen LogP contribution in [0.5, 0.6) is 0 Å². The lowest BCUT2D eigenvalue weighted by atomic mass is 9.92. The number of benzene rings is 2. The van der Waals surface area contributed by atoms with Crippen molar-refractivity contribution in [3.8, 4) is 0 Å². The maximum atomic E-state index is 5.39. The van der Waals surface area contributed by atoms with Crippen molar-refractivity contribution in [2.24, 2.45) is 15.9 Å². The van der Waals surface area contributed by atoms with Crippen LogP contribution in [0, 0.1) is 5.92 Å². The highest BCUT2D eigenvalue weighted by atomic mass is 14.9. The number of hydrogen-bond donors (Lipinski definition) is 0. The molecule has 172 valence electrons. The largest absolute Gasteiger partial charge is 0.251 e. The van der Waals surface area contributed by atoms with E-state index in [0.717, 1.165) is 12.8 Å². The van der Waals surface area contributed by atoms with Crippen LogP contribution in [0.1, 0.15) is 121 Å². The molecule has 1 aliphatic rings. The molecule has 1 unspecified atom stereocenters. The van der Waals surface area contributed by atoms with Gasteiger partial charge in [-0.05, 0) is 58.8 Å². The zero-order chi connectivity index (χ0) is 23.6. The highest BCUT2D eigenvalue weighted by molar-refractivity contribution is 6.45. The fourth-order valence-corrected chi connectivity index (χ4v) is 4.73. The molecule has 2 nitrogen and oxygen atoms in total. The summed E-state index contributed by atoms with van der Waals surface area (Å²) in [5.41, 5.74) is 10.1. The van der Waals surface area contributed by atoms with E-state index in [1.165, 1.54) is 45.1 Å². The number of rotatable bonds is 6. The van der Waals surface area contributed by atoms with Crippen LogP contribution in [-0.4, -0.2) is 11.4 Å². The average Bonchev–Trinajstić information content (AvgIpc) is 3.07. The third-order valence-corrected chi connectivity index (χ3v) is 6.74. The van der Waals surface area contributed by atoms with Crippen molar-refractivity contribution in [1.82, 2.24) is 0 Å². The molecule has 1 atom stereocenters. The number of hydrogen-bond acceptors (Lipinski definition) is 2. The van der Waals surface area contributed by atoms with Crippen molar-refractivity contribution in [3.05, 3.63) is 58.7 Å². The molecule has 0 N–H and O–H groups in total. The summed E-state index contributed by atoms with van der Waals surface area (Å²) < 4.78 is 0. The Kier molecular flexibility index (Phi) is 7.75. The minimum atomic E-state index is 0.433. The summed E-state index contributed by atoms with van der Waals surface area (Å²) in [6.45, 7) is 20.5. The van der Waals surface area contributed by atoms with Crippen molar-refractivity contribution < 1.29 is 0 Å². The first-order chi connectivity index (χ1) is 15.1. The summed E-state index contributed by atoms with van der Waals surface area (Å²) in [5, 5.41) is 0. The van der Waals surface area contributed by atoms with E-state index >= 15 is 0 Å². The van der Waals surface area contributed by atoms with Crippen molar-refractivity contribution in [1.29, 1.82) is 0 Å². The highest BCUT2D eigenvalue weighted by Crippen LogP contribution is 2.39. The number of aliphatic imine (C=N–C) groups is 2. The lowest BCUT2D eigenvalue weighted by molar-refractivity contribution is 0.746. The third-order valence-electron chi connectivity index (χ3n) is 6.74. The van der Waals surface area contributed by atoms with Gasteiger partial charge in [-0.25, -0.2) is 0 Å². The molecule has 2 aromatic carbocycles. The van der Waals surface area contributed by atoms with Gasteiger partial charge >= 0.3 is 0 Å². The minimum Gasteiger partial charge on any atom is -0.251 e. The summed E-state index contributed by atoms with van der Waals surface area (Å²) in [6.07, 6.45) is 2.13. The van der Waals surface area contributed by atoms with Gasteiger partial charge < -0.3 is 0 Å². The van der Waals surface area contributed by atoms with Gasteiger partial charge in [0.1, 0.15) is 0 Å². The van der Waals surface area contributed by atoms with E-state index in [-0.39, 0.29) is 0 Å². The van der Waals surface area contributed by atoms with E-state index in [9.17, 15) is 0 Å². The normalized spacial score (nSPS) is 19.5. The lowest BCUT2D eigenvalue weighted by Crippen LogP contribution is -2.13. The molecule has 0 radical (unpaired) electrons. The third kappa shape index (κ3) is 5.05. The zero-order valence-electron chi connectivity index (χ0n) is 21.7. The molecule has 2 aromatic rings. The second-order valence-corrected chi connectivity index (χ2v) is 10.7. The van der Waals surface area contributed by atoms with Crippen LogP contribution in [-0.2, 0) is 0 Å². The van der Waals surface area contributed by atoms with Gasteiger partial charge in [0, 0.05) is 5.92 Å². The summed E-state index contributed by atoms with van der Waals surface area (Å²) in [4.78, 5) is 10.8. The molecule has 0 aromatic heterocycles. The van der Waals surface area contributed by atoms with Crippen LogP contribution in [0.3, 0.4) is 0 Å². The molecule has 0 amide bonds. The SMILES string of the molecule is CC1CCC(=Nc2c(C(C)C)cccc2C(C)C)C1=Nc1c(C(C)C)cccc1C(C)C. The van der Waals surface area contributed by atoms with Crippen LogP contribution in [0.2, 0.25) is 0 Å². The molecule has 1 fully saturated rings. The highest BCUT2D eigenvalue weighted by Gasteiger charge is 2.27. The maximum Gasteiger partial charge on any atom is 0.0703 e. The van der Waals surface area contributed by atoms with Crippen LogP contribution >= 0.6 is 0 Å². The first kappa shape index (κ1) is 24.4. The maximum absolute atomic E-state index is 5.39. The van der Waals surface area contributed by atoms with E-state index in [1.807, 2.05) is 0 Å². The summed E-state index contributed by atoms with van der Waals surface area (Å²) in [6, 6.07) is 13.4. The summed E-state index contributed by atoms with van der Waals surface area (Å²) in [7, 11) is 0. The molecule has 1 aliphatic carbocycles. The molecule has 1 saturated carbocycles. The van der Waals surface area contributed by atoms with E-state index in [1.54, 1.807) is 0 Å². The van der Waals surface area contributed by atoms with Gasteiger partial charge in [-0.1, -0.05) is 98.7 Å². The van der Waals surface area contributed by atoms with Crippen LogP contribution in [0.15, 0.2) is 46.4 Å². The fraction of sp³-hybridized carbons (Fsp3) is 0.533. The molecule has 2 heteroatoms. The van der Waals surface area contributed by atoms with Crippen molar-refractivity contribution in [2.75, 3.05) is 0 Å². The van der Waals surface area contributed by atoms with Gasteiger partial charge in [0.15, 0.2) is 0 Å². The molecule has 0 bridgehead atoms. The molecule has 0 heterocycles. The van der Waals surface area contributed by atoms with E-state index < -0.39 is 0 Å². The molecule has 0 spiro atoms. The Morgan fingerprint density at radius 2 is 1.00 bits per heavy atom. The monoisotopic (exact) mass is 430 g/mol. The second kappa shape index (κ2) is 10.1. The Morgan fingerprint density at radius 1 is 0.625 bits per heavy atom. The second-order valence-electron chi connectivity index (χ2n) is 10.7. The predicted octanol–water partition coefficient (Wildman–Crippen LogP) is 9.46. The minimum absolute atomic E-state index is 0.433. The Labute approximate surface area is 196 Å². The molecule has 32 heavy (non-hydrogen) atoms. The van der Waals surface area contributed by atoms with E-state index in [2.05, 4.69) is 98.7 Å². The van der Waals surface area contributed by atoms with Gasteiger partial charge in [0.2, 0.25) is 0 Å². The quantitative estimate of drug-likeness (QED) is 0.436. The van der Waals surface area contributed by atoms with Gasteiger partial charge in [-0.2, -0.15) is 0 Å². The van der Waals surface area contributed by atoms with Crippen LogP contribution in [0.25, 0.3) is 0 Å². The molecule has 0 saturated heterocycles. The standard InChI is InChI=1S/C30H42N2/c1-18(2)23-12-10-13-24(19(3)4)29(23)31-27-17-16-22(9)28(27)32-30-25(20(5)6)14-11-15-26(30)21(7)8/h10-15,18-22H,16-17H2,1-9H3. The summed E-state index contributed by atoms with van der Waals surface area (Å²) in [5.74, 6) is 2.21. The Balaban J connectivity index is 2.22. The van der Waals surface area contributed by atoms with E-state index in [0.29, 0.717) is 29.6 Å². The number of para-hydroxylation sites is 2. The first-order valence-corrected chi connectivity index (χ1v) is 12.5. The van der Waals surface area contributed by atoms with E-state index in [4.69, 9.17) is 9.98 Å². The average molecular weight is 431 g/mol. The van der Waals surface area contributed by atoms with Crippen molar-refractivity contribution >= 4 is 22.8 Å². The Bertz CT molecular complexity index is 953. The summed E-state index contributed by atoms with van der Waals surface area (Å²) >= 11 is 0. The van der Waals surface area contributed by atoms with Gasteiger partial charge in [-0.15, -0.1) is 0 Å². The smallest absolute Gasteiger partial charge is 0.0703 e. The Hall–Kier alpha value is -2.22. The van der Waals surface area contributed by atoms with Gasteiger partial charge in [0.05, 0.1) is 22.8 Å². The molecular weight excluding hydrogens is 388 g/mol. The topological polar surface area (TPSA) is 24.7 Å². The van der Waals surface area contributed by atoms with Gasteiger partial charge in [0.25, 0.3) is 0 Å². The molecule has 0 aliphatic heterocycles. The zero-order valence-corrected chi connectivity index (χ0v) is 21.7. The molecular formula is C30H42N2. The fourth-order valence-electron chi connectivity index (χ4n) is 4.73. The molecule has 3 rings (SSSR count). The van der Waals surface area contributed by atoms with Gasteiger partial charge in [-0.3, -0.25) is 9.98 Å². The predicted molar refractivity (Wildman–Crippen MR) is 142 cm³/mol. The Morgan fingerprint density at radius 3 is 1.38 bits per heavy atom. The van der Waals surface area contributed by atoms with Crippen molar-refractivity contribution in [2.45, 2.75) is 98.8 Å².